The molecule has 0 unspecified atom stereocenters. The molecule has 1 fully saturated rings. The molecule has 2 aromatic carbocycles. The second-order valence-electron chi connectivity index (χ2n) is 6.83. The van der Waals surface area contributed by atoms with Crippen LogP contribution in [0.25, 0.3) is 0 Å². The summed E-state index contributed by atoms with van der Waals surface area (Å²) >= 11 is 6.12. The number of carbonyl (C=O) groups excluding carboxylic acids is 1. The Morgan fingerprint density at radius 2 is 1.93 bits per heavy atom. The number of rotatable bonds is 7. The number of sulfonamides is 1. The number of nitrogens with zero attached hydrogens (tertiary/aromatic N) is 1. The number of nitrogens with one attached hydrogen (secondary N) is 2. The lowest BCUT2D eigenvalue weighted by molar-refractivity contribution is 0.0383. The van der Waals surface area contributed by atoms with Gasteiger partial charge in [0.05, 0.1) is 18.2 Å². The van der Waals surface area contributed by atoms with E-state index in [1.807, 2.05) is 13.0 Å². The van der Waals surface area contributed by atoms with Crippen molar-refractivity contribution in [3.05, 3.63) is 58.6 Å². The predicted molar refractivity (Wildman–Crippen MR) is 113 cm³/mol. The average molecular weight is 438 g/mol. The minimum Gasteiger partial charge on any atom is -0.379 e. The topological polar surface area (TPSA) is 87.7 Å². The van der Waals surface area contributed by atoms with Crippen LogP contribution >= 0.6 is 11.6 Å². The zero-order valence-corrected chi connectivity index (χ0v) is 17.7. The van der Waals surface area contributed by atoms with E-state index in [1.54, 1.807) is 18.2 Å². The van der Waals surface area contributed by atoms with Crippen molar-refractivity contribution >= 4 is 33.2 Å². The number of morpholine rings is 1. The van der Waals surface area contributed by atoms with Crippen LogP contribution in [0.5, 0.6) is 0 Å². The van der Waals surface area contributed by atoms with Gasteiger partial charge in [-0.2, -0.15) is 0 Å². The van der Waals surface area contributed by atoms with Gasteiger partial charge < -0.3 is 10.1 Å². The molecule has 9 heteroatoms. The molecule has 156 valence electrons. The summed E-state index contributed by atoms with van der Waals surface area (Å²) in [6.07, 6.45) is 0. The molecule has 7 nitrogen and oxygen atoms in total. The molecular weight excluding hydrogens is 414 g/mol. The van der Waals surface area contributed by atoms with Gasteiger partial charge in [-0.25, -0.2) is 8.42 Å². The second-order valence-corrected chi connectivity index (χ2v) is 8.89. The van der Waals surface area contributed by atoms with E-state index in [4.69, 9.17) is 16.3 Å². The number of aryl methyl sites for hydroxylation is 1. The maximum absolute atomic E-state index is 12.8. The Labute approximate surface area is 176 Å². The van der Waals surface area contributed by atoms with E-state index in [0.717, 1.165) is 18.7 Å². The van der Waals surface area contributed by atoms with Crippen molar-refractivity contribution < 1.29 is 17.9 Å². The summed E-state index contributed by atoms with van der Waals surface area (Å²) in [5.41, 5.74) is 1.59. The van der Waals surface area contributed by atoms with Crippen LogP contribution in [0, 0.1) is 6.92 Å². The molecule has 2 N–H and O–H groups in total. The first-order valence-electron chi connectivity index (χ1n) is 9.32. The minimum absolute atomic E-state index is 0.0509. The average Bonchev–Trinajstić information content (AvgIpc) is 2.68. The van der Waals surface area contributed by atoms with Gasteiger partial charge in [0, 0.05) is 37.4 Å². The van der Waals surface area contributed by atoms with Gasteiger partial charge in [0.2, 0.25) is 0 Å². The number of amides is 1. The first-order valence-corrected chi connectivity index (χ1v) is 11.2. The maximum Gasteiger partial charge on any atom is 0.263 e. The third kappa shape index (κ3) is 5.93. The lowest BCUT2D eigenvalue weighted by Crippen LogP contribution is -2.41. The van der Waals surface area contributed by atoms with Gasteiger partial charge in [-0.1, -0.05) is 23.7 Å². The predicted octanol–water partition coefficient (Wildman–Crippen LogP) is 2.51. The normalized spacial score (nSPS) is 15.1. The molecule has 29 heavy (non-hydrogen) atoms. The standard InChI is InChI=1S/C20H24ClN3O4S/c1-15-3-2-4-17(13-15)23-29(26,27)19-14-16(5-6-18(19)21)20(25)22-7-8-24-9-11-28-12-10-24/h2-6,13-14,23H,7-12H2,1H3,(H,22,25). The fourth-order valence-electron chi connectivity index (χ4n) is 3.02. The highest BCUT2D eigenvalue weighted by molar-refractivity contribution is 7.92. The SMILES string of the molecule is Cc1cccc(NS(=O)(=O)c2cc(C(=O)NCCN3CCOCC3)ccc2Cl)c1. The molecule has 0 bridgehead atoms. The van der Waals surface area contributed by atoms with E-state index < -0.39 is 10.0 Å². The third-order valence-electron chi connectivity index (χ3n) is 4.57. The van der Waals surface area contributed by atoms with Crippen molar-refractivity contribution in [3.8, 4) is 0 Å². The lowest BCUT2D eigenvalue weighted by Gasteiger charge is -2.26. The Morgan fingerprint density at radius 3 is 2.66 bits per heavy atom. The summed E-state index contributed by atoms with van der Waals surface area (Å²) in [7, 11) is -3.94. The van der Waals surface area contributed by atoms with Crippen molar-refractivity contribution in [2.24, 2.45) is 0 Å². The fourth-order valence-corrected chi connectivity index (χ4v) is 4.60. The van der Waals surface area contributed by atoms with Crippen LogP contribution in [0.15, 0.2) is 47.4 Å². The van der Waals surface area contributed by atoms with Crippen LogP contribution in [0.3, 0.4) is 0 Å². The number of carbonyl (C=O) groups is 1. The van der Waals surface area contributed by atoms with Crippen LogP contribution in [0.2, 0.25) is 5.02 Å². The van der Waals surface area contributed by atoms with Gasteiger partial charge in [-0.05, 0) is 42.8 Å². The molecule has 0 saturated carbocycles. The van der Waals surface area contributed by atoms with Gasteiger partial charge in [0.1, 0.15) is 4.90 Å². The number of halogens is 1. The highest BCUT2D eigenvalue weighted by Crippen LogP contribution is 2.25. The summed E-state index contributed by atoms with van der Waals surface area (Å²) in [5.74, 6) is -0.345. The van der Waals surface area contributed by atoms with Gasteiger partial charge >= 0.3 is 0 Å². The Bertz CT molecular complexity index is 975. The number of hydrogen-bond acceptors (Lipinski definition) is 5. The van der Waals surface area contributed by atoms with Crippen molar-refractivity contribution in [2.45, 2.75) is 11.8 Å². The molecule has 1 aliphatic heterocycles. The molecule has 3 rings (SSSR count). The molecule has 1 heterocycles. The first-order chi connectivity index (χ1) is 13.8. The van der Waals surface area contributed by atoms with Gasteiger partial charge in [0.25, 0.3) is 15.9 Å². The monoisotopic (exact) mass is 437 g/mol. The van der Waals surface area contributed by atoms with E-state index >= 15 is 0 Å². The quantitative estimate of drug-likeness (QED) is 0.694. The molecule has 0 spiro atoms. The summed E-state index contributed by atoms with van der Waals surface area (Å²) in [6.45, 7) is 6.11. The van der Waals surface area contributed by atoms with Gasteiger partial charge in [-0.3, -0.25) is 14.4 Å². The largest absolute Gasteiger partial charge is 0.379 e. The zero-order valence-electron chi connectivity index (χ0n) is 16.2. The van der Waals surface area contributed by atoms with Crippen molar-refractivity contribution in [1.82, 2.24) is 10.2 Å². The molecule has 0 atom stereocenters. The molecule has 1 amide bonds. The fraction of sp³-hybridized carbons (Fsp3) is 0.350. The Balaban J connectivity index is 1.68. The highest BCUT2D eigenvalue weighted by atomic mass is 35.5. The Kier molecular flexibility index (Phi) is 7.13. The van der Waals surface area contributed by atoms with E-state index in [2.05, 4.69) is 14.9 Å². The Morgan fingerprint density at radius 1 is 1.17 bits per heavy atom. The van der Waals surface area contributed by atoms with E-state index in [1.165, 1.54) is 18.2 Å². The molecule has 1 saturated heterocycles. The maximum atomic E-state index is 12.8. The molecular formula is C20H24ClN3O4S. The minimum atomic E-state index is -3.94. The number of anilines is 1. The highest BCUT2D eigenvalue weighted by Gasteiger charge is 2.21. The second kappa shape index (κ2) is 9.58. The Hall–Kier alpha value is -2.13. The van der Waals surface area contributed by atoms with E-state index in [9.17, 15) is 13.2 Å². The number of benzene rings is 2. The van der Waals surface area contributed by atoms with Gasteiger partial charge in [0.15, 0.2) is 0 Å². The zero-order chi connectivity index (χ0) is 20.9. The summed E-state index contributed by atoms with van der Waals surface area (Å²) in [5, 5.41) is 2.87. The lowest BCUT2D eigenvalue weighted by atomic mass is 10.2. The van der Waals surface area contributed by atoms with E-state index in [0.29, 0.717) is 32.0 Å². The third-order valence-corrected chi connectivity index (χ3v) is 6.43. The van der Waals surface area contributed by atoms with Crippen molar-refractivity contribution in [2.75, 3.05) is 44.1 Å². The number of hydrogen-bond donors (Lipinski definition) is 2. The molecule has 0 radical (unpaired) electrons. The van der Waals surface area contributed by atoms with Gasteiger partial charge in [-0.15, -0.1) is 0 Å². The molecule has 0 aliphatic carbocycles. The van der Waals surface area contributed by atoms with Crippen LogP contribution in [0.1, 0.15) is 15.9 Å². The summed E-state index contributed by atoms with van der Waals surface area (Å²) < 4.78 is 33.4. The molecule has 0 aromatic heterocycles. The van der Waals surface area contributed by atoms with Crippen LogP contribution < -0.4 is 10.0 Å². The number of ether oxygens (including phenoxy) is 1. The smallest absolute Gasteiger partial charge is 0.263 e. The van der Waals surface area contributed by atoms with Crippen molar-refractivity contribution in [3.63, 3.8) is 0 Å². The summed E-state index contributed by atoms with van der Waals surface area (Å²) in [6, 6.07) is 11.2. The van der Waals surface area contributed by atoms with E-state index in [-0.39, 0.29) is 21.4 Å². The summed E-state index contributed by atoms with van der Waals surface area (Å²) in [4.78, 5) is 14.5. The van der Waals surface area contributed by atoms with Crippen molar-refractivity contribution in [1.29, 1.82) is 0 Å². The molecule has 2 aromatic rings. The first kappa shape index (κ1) is 21.6. The molecule has 1 aliphatic rings. The van der Waals surface area contributed by atoms with Crippen LogP contribution in [-0.2, 0) is 14.8 Å². The van der Waals surface area contributed by atoms with Crippen LogP contribution in [0.4, 0.5) is 5.69 Å². The van der Waals surface area contributed by atoms with Crippen LogP contribution in [-0.4, -0.2) is 58.6 Å².